The highest BCUT2D eigenvalue weighted by atomic mass is 35.5. The van der Waals surface area contributed by atoms with E-state index < -0.39 is 0 Å². The van der Waals surface area contributed by atoms with E-state index in [2.05, 4.69) is 15.3 Å². The van der Waals surface area contributed by atoms with Crippen molar-refractivity contribution >= 4 is 17.4 Å². The Hall–Kier alpha value is -0.830. The van der Waals surface area contributed by atoms with Crippen LogP contribution >= 0.6 is 11.6 Å². The van der Waals surface area contributed by atoms with E-state index in [0.717, 1.165) is 44.3 Å². The first-order valence-corrected chi connectivity index (χ1v) is 8.00. The van der Waals surface area contributed by atoms with Crippen LogP contribution < -0.4 is 5.32 Å². The van der Waals surface area contributed by atoms with Crippen molar-refractivity contribution in [3.63, 3.8) is 0 Å². The lowest BCUT2D eigenvalue weighted by Crippen LogP contribution is -2.27. The molecule has 2 aliphatic rings. The van der Waals surface area contributed by atoms with E-state index in [4.69, 9.17) is 11.6 Å². The molecule has 1 N–H and O–H groups in total. The summed E-state index contributed by atoms with van der Waals surface area (Å²) in [7, 11) is 0. The fraction of sp³-hybridized carbons (Fsp3) is 0.733. The average Bonchev–Trinajstić information content (AvgIpc) is 2.67. The maximum absolute atomic E-state index is 6.17. The van der Waals surface area contributed by atoms with Crippen molar-refractivity contribution in [2.75, 3.05) is 5.32 Å². The van der Waals surface area contributed by atoms with Gasteiger partial charge in [-0.05, 0) is 51.4 Å². The summed E-state index contributed by atoms with van der Waals surface area (Å²) in [5.41, 5.74) is 2.63. The first kappa shape index (κ1) is 13.2. The van der Waals surface area contributed by atoms with Crippen molar-refractivity contribution in [2.24, 2.45) is 0 Å². The van der Waals surface area contributed by atoms with Crippen LogP contribution in [0.1, 0.15) is 56.2 Å². The lowest BCUT2D eigenvalue weighted by atomic mass is 9.95. The zero-order chi connectivity index (χ0) is 13.1. The molecule has 0 spiro atoms. The van der Waals surface area contributed by atoms with Crippen molar-refractivity contribution in [1.82, 2.24) is 9.97 Å². The van der Waals surface area contributed by atoms with Gasteiger partial charge < -0.3 is 5.32 Å². The second kappa shape index (κ2) is 6.08. The molecule has 3 rings (SSSR count). The predicted molar refractivity (Wildman–Crippen MR) is 78.8 cm³/mol. The van der Waals surface area contributed by atoms with Crippen LogP contribution in [0.3, 0.4) is 0 Å². The van der Waals surface area contributed by atoms with E-state index in [-0.39, 0.29) is 0 Å². The van der Waals surface area contributed by atoms with Gasteiger partial charge in [0.1, 0.15) is 12.1 Å². The van der Waals surface area contributed by atoms with E-state index in [0.29, 0.717) is 11.4 Å². The third kappa shape index (κ3) is 3.19. The zero-order valence-corrected chi connectivity index (χ0v) is 12.1. The lowest BCUT2D eigenvalue weighted by molar-refractivity contribution is 0.467. The van der Waals surface area contributed by atoms with Gasteiger partial charge >= 0.3 is 0 Å². The Bertz CT molecular complexity index is 427. The molecule has 0 atom stereocenters. The highest BCUT2D eigenvalue weighted by Crippen LogP contribution is 2.28. The van der Waals surface area contributed by atoms with E-state index >= 15 is 0 Å². The van der Waals surface area contributed by atoms with Crippen LogP contribution in [-0.2, 0) is 12.8 Å². The second-order valence-corrected chi connectivity index (χ2v) is 6.42. The molecule has 2 aliphatic carbocycles. The van der Waals surface area contributed by atoms with Crippen LogP contribution in [0.25, 0.3) is 0 Å². The minimum atomic E-state index is 0.376. The van der Waals surface area contributed by atoms with Crippen LogP contribution in [0, 0.1) is 0 Å². The summed E-state index contributed by atoms with van der Waals surface area (Å²) in [6, 6.07) is 0.539. The molecule has 0 saturated heterocycles. The Morgan fingerprint density at radius 2 is 1.79 bits per heavy atom. The smallest absolute Gasteiger partial charge is 0.133 e. The monoisotopic (exact) mass is 279 g/mol. The minimum absolute atomic E-state index is 0.376. The number of nitrogens with zero attached hydrogens (tertiary/aromatic N) is 2. The summed E-state index contributed by atoms with van der Waals surface area (Å²) in [6.45, 7) is 0. The van der Waals surface area contributed by atoms with E-state index in [1.807, 2.05) is 0 Å². The number of nitrogens with one attached hydrogen (secondary N) is 1. The summed E-state index contributed by atoms with van der Waals surface area (Å²) in [4.78, 5) is 8.96. The Balaban J connectivity index is 1.74. The Labute approximate surface area is 120 Å². The SMILES string of the molecule is ClC1CCC(Nc2ncnc3c2CCCCC3)CC1. The molecule has 1 heterocycles. The standard InChI is InChI=1S/C15H22ClN3/c16-11-6-8-12(9-7-11)19-15-13-4-2-1-3-5-14(13)17-10-18-15/h10-12H,1-9H2,(H,17,18,19). The number of hydrogen-bond acceptors (Lipinski definition) is 3. The molecule has 104 valence electrons. The zero-order valence-electron chi connectivity index (χ0n) is 11.4. The van der Waals surface area contributed by atoms with Crippen LogP contribution in [0.15, 0.2) is 6.33 Å². The van der Waals surface area contributed by atoms with Crippen molar-refractivity contribution in [3.05, 3.63) is 17.6 Å². The van der Waals surface area contributed by atoms with E-state index in [1.165, 1.54) is 30.5 Å². The Morgan fingerprint density at radius 1 is 1.00 bits per heavy atom. The van der Waals surface area contributed by atoms with Crippen molar-refractivity contribution in [1.29, 1.82) is 0 Å². The predicted octanol–water partition coefficient (Wildman–Crippen LogP) is 3.71. The number of fused-ring (bicyclic) bond motifs is 1. The van der Waals surface area contributed by atoms with Gasteiger partial charge in [-0.3, -0.25) is 0 Å². The highest BCUT2D eigenvalue weighted by Gasteiger charge is 2.21. The van der Waals surface area contributed by atoms with Gasteiger partial charge in [0.2, 0.25) is 0 Å². The molecule has 1 fully saturated rings. The highest BCUT2D eigenvalue weighted by molar-refractivity contribution is 6.20. The summed E-state index contributed by atoms with van der Waals surface area (Å²) in [6.07, 6.45) is 12.4. The fourth-order valence-corrected chi connectivity index (χ4v) is 3.46. The molecule has 1 saturated carbocycles. The number of aromatic nitrogens is 2. The van der Waals surface area contributed by atoms with Gasteiger partial charge in [-0.15, -0.1) is 11.6 Å². The first-order chi connectivity index (χ1) is 9.33. The number of rotatable bonds is 2. The number of alkyl halides is 1. The molecule has 19 heavy (non-hydrogen) atoms. The first-order valence-electron chi connectivity index (χ1n) is 7.56. The number of anilines is 1. The van der Waals surface area contributed by atoms with Crippen LogP contribution in [0.5, 0.6) is 0 Å². The topological polar surface area (TPSA) is 37.8 Å². The minimum Gasteiger partial charge on any atom is -0.367 e. The van der Waals surface area contributed by atoms with Gasteiger partial charge in [0.05, 0.1) is 0 Å². The number of aryl methyl sites for hydroxylation is 1. The number of hydrogen-bond donors (Lipinski definition) is 1. The van der Waals surface area contributed by atoms with Crippen molar-refractivity contribution in [2.45, 2.75) is 69.2 Å². The van der Waals surface area contributed by atoms with Crippen LogP contribution in [-0.4, -0.2) is 21.4 Å². The van der Waals surface area contributed by atoms with Gasteiger partial charge in [-0.1, -0.05) is 6.42 Å². The molecule has 1 aromatic rings. The number of halogens is 1. The largest absolute Gasteiger partial charge is 0.367 e. The normalized spacial score (nSPS) is 27.4. The summed E-state index contributed by atoms with van der Waals surface area (Å²) >= 11 is 6.17. The molecule has 0 unspecified atom stereocenters. The quantitative estimate of drug-likeness (QED) is 0.662. The third-order valence-corrected chi connectivity index (χ3v) is 4.81. The molecule has 3 nitrogen and oxygen atoms in total. The third-order valence-electron chi connectivity index (χ3n) is 4.37. The maximum Gasteiger partial charge on any atom is 0.133 e. The molecule has 4 heteroatoms. The molecule has 1 aromatic heterocycles. The molecule has 0 radical (unpaired) electrons. The van der Waals surface area contributed by atoms with Crippen molar-refractivity contribution in [3.8, 4) is 0 Å². The lowest BCUT2D eigenvalue weighted by Gasteiger charge is -2.27. The average molecular weight is 280 g/mol. The van der Waals surface area contributed by atoms with Gasteiger partial charge in [-0.25, -0.2) is 9.97 Å². The van der Waals surface area contributed by atoms with Gasteiger partial charge in [0, 0.05) is 22.7 Å². The van der Waals surface area contributed by atoms with Crippen LogP contribution in [0.4, 0.5) is 5.82 Å². The molecular weight excluding hydrogens is 258 g/mol. The summed E-state index contributed by atoms with van der Waals surface area (Å²) in [5, 5.41) is 4.02. The van der Waals surface area contributed by atoms with Crippen LogP contribution in [0.2, 0.25) is 0 Å². The van der Waals surface area contributed by atoms with E-state index in [1.54, 1.807) is 6.33 Å². The van der Waals surface area contributed by atoms with Gasteiger partial charge in [0.15, 0.2) is 0 Å². The molecule has 0 aromatic carbocycles. The van der Waals surface area contributed by atoms with Crippen molar-refractivity contribution < 1.29 is 0 Å². The van der Waals surface area contributed by atoms with Gasteiger partial charge in [-0.2, -0.15) is 0 Å². The summed E-state index contributed by atoms with van der Waals surface area (Å²) < 4.78 is 0. The second-order valence-electron chi connectivity index (χ2n) is 5.80. The van der Waals surface area contributed by atoms with Gasteiger partial charge in [0.25, 0.3) is 0 Å². The molecule has 0 aliphatic heterocycles. The maximum atomic E-state index is 6.17. The molecule has 0 bridgehead atoms. The fourth-order valence-electron chi connectivity index (χ4n) is 3.21. The molecule has 0 amide bonds. The van der Waals surface area contributed by atoms with E-state index in [9.17, 15) is 0 Å². The Kier molecular flexibility index (Phi) is 4.21. The summed E-state index contributed by atoms with van der Waals surface area (Å²) in [5.74, 6) is 1.09. The Morgan fingerprint density at radius 3 is 2.63 bits per heavy atom. The molecular formula is C15H22ClN3.